The van der Waals surface area contributed by atoms with Gasteiger partial charge in [-0.25, -0.2) is 14.2 Å². The number of nitrogens with zero attached hydrogens (tertiary/aromatic N) is 1. The third-order valence-electron chi connectivity index (χ3n) is 3.70. The van der Waals surface area contributed by atoms with E-state index in [0.717, 1.165) is 24.5 Å². The highest BCUT2D eigenvalue weighted by Gasteiger charge is 2.45. The van der Waals surface area contributed by atoms with E-state index in [1.54, 1.807) is 0 Å². The van der Waals surface area contributed by atoms with E-state index in [-0.39, 0.29) is 16.9 Å². The molecule has 1 aromatic heterocycles. The van der Waals surface area contributed by atoms with Crippen LogP contribution in [0.3, 0.4) is 0 Å². The summed E-state index contributed by atoms with van der Waals surface area (Å²) >= 11 is 0. The Morgan fingerprint density at radius 1 is 1.33 bits per heavy atom. The average Bonchev–Trinajstić information content (AvgIpc) is 3.30. The molecule has 0 saturated heterocycles. The van der Waals surface area contributed by atoms with Crippen molar-refractivity contribution in [3.63, 3.8) is 0 Å². The van der Waals surface area contributed by atoms with Crippen LogP contribution in [0.5, 0.6) is 0 Å². The molecule has 4 nitrogen and oxygen atoms in total. The van der Waals surface area contributed by atoms with Crippen LogP contribution in [0.4, 0.5) is 10.2 Å². The van der Waals surface area contributed by atoms with Gasteiger partial charge in [-0.1, -0.05) is 30.3 Å². The van der Waals surface area contributed by atoms with Gasteiger partial charge in [0, 0.05) is 6.20 Å². The maximum atomic E-state index is 14.1. The van der Waals surface area contributed by atoms with Crippen molar-refractivity contribution in [2.45, 2.75) is 18.4 Å². The first-order chi connectivity index (χ1) is 10.1. The number of methoxy groups -OCH3 is 1. The lowest BCUT2D eigenvalue weighted by molar-refractivity contribution is 0.0599. The van der Waals surface area contributed by atoms with E-state index >= 15 is 0 Å². The molecule has 0 radical (unpaired) electrons. The molecule has 0 bridgehead atoms. The molecule has 1 aliphatic carbocycles. The minimum Gasteiger partial charge on any atom is -0.465 e. The summed E-state index contributed by atoms with van der Waals surface area (Å²) in [5.41, 5.74) is 0.968. The fraction of sp³-hybridized carbons (Fsp3) is 0.250. The number of rotatable bonds is 4. The van der Waals surface area contributed by atoms with Crippen molar-refractivity contribution < 1.29 is 13.9 Å². The molecule has 0 unspecified atom stereocenters. The van der Waals surface area contributed by atoms with Gasteiger partial charge in [-0.2, -0.15) is 0 Å². The Labute approximate surface area is 122 Å². The zero-order chi connectivity index (χ0) is 14.9. The van der Waals surface area contributed by atoms with Crippen molar-refractivity contribution in [3.05, 3.63) is 59.5 Å². The molecule has 1 fully saturated rings. The summed E-state index contributed by atoms with van der Waals surface area (Å²) in [4.78, 5) is 15.4. The first kappa shape index (κ1) is 13.5. The van der Waals surface area contributed by atoms with Gasteiger partial charge < -0.3 is 10.1 Å². The predicted octanol–water partition coefficient (Wildman–Crippen LogP) is 3.11. The van der Waals surface area contributed by atoms with Gasteiger partial charge in [-0.05, 0) is 24.5 Å². The van der Waals surface area contributed by atoms with Crippen LogP contribution in [0.15, 0.2) is 42.6 Å². The van der Waals surface area contributed by atoms with E-state index < -0.39 is 11.8 Å². The maximum absolute atomic E-state index is 14.1. The molecule has 0 aliphatic heterocycles. The summed E-state index contributed by atoms with van der Waals surface area (Å²) < 4.78 is 18.6. The van der Waals surface area contributed by atoms with E-state index in [0.29, 0.717) is 0 Å². The summed E-state index contributed by atoms with van der Waals surface area (Å²) in [6, 6.07) is 11.0. The average molecular weight is 286 g/mol. The van der Waals surface area contributed by atoms with Crippen molar-refractivity contribution in [1.82, 2.24) is 4.98 Å². The van der Waals surface area contributed by atoms with Crippen LogP contribution in [0.2, 0.25) is 0 Å². The quantitative estimate of drug-likeness (QED) is 0.877. The van der Waals surface area contributed by atoms with Crippen molar-refractivity contribution in [2.24, 2.45) is 0 Å². The zero-order valence-electron chi connectivity index (χ0n) is 11.6. The second-order valence-electron chi connectivity index (χ2n) is 5.12. The van der Waals surface area contributed by atoms with Crippen molar-refractivity contribution >= 4 is 11.8 Å². The van der Waals surface area contributed by atoms with Gasteiger partial charge in [-0.15, -0.1) is 0 Å². The first-order valence-electron chi connectivity index (χ1n) is 6.72. The molecule has 3 rings (SSSR count). The second kappa shape index (κ2) is 5.16. The van der Waals surface area contributed by atoms with E-state index in [4.69, 9.17) is 0 Å². The van der Waals surface area contributed by atoms with Gasteiger partial charge in [0.05, 0.1) is 18.2 Å². The van der Waals surface area contributed by atoms with Gasteiger partial charge in [0.2, 0.25) is 0 Å². The molecule has 1 heterocycles. The number of ether oxygens (including phenoxy) is 1. The third kappa shape index (κ3) is 2.59. The summed E-state index contributed by atoms with van der Waals surface area (Å²) in [5, 5.41) is 3.16. The minimum atomic E-state index is -0.600. The molecule has 2 aromatic rings. The first-order valence-corrected chi connectivity index (χ1v) is 6.72. The number of benzene rings is 1. The fourth-order valence-corrected chi connectivity index (χ4v) is 2.35. The number of carbonyl (C=O) groups is 1. The number of nitrogens with one attached hydrogen (secondary N) is 1. The maximum Gasteiger partial charge on any atom is 0.339 e. The highest BCUT2D eigenvalue weighted by Crippen LogP contribution is 2.48. The Hall–Kier alpha value is -2.43. The number of pyridine rings is 1. The lowest BCUT2D eigenvalue weighted by Crippen LogP contribution is -2.20. The number of esters is 1. The summed E-state index contributed by atoms with van der Waals surface area (Å²) in [6.07, 6.45) is 3.17. The third-order valence-corrected chi connectivity index (χ3v) is 3.70. The van der Waals surface area contributed by atoms with Gasteiger partial charge >= 0.3 is 5.97 Å². The van der Waals surface area contributed by atoms with Crippen LogP contribution in [-0.2, 0) is 10.3 Å². The van der Waals surface area contributed by atoms with E-state index in [1.807, 2.05) is 30.3 Å². The molecule has 0 amide bonds. The number of carbonyl (C=O) groups excluding carboxylic acids is 1. The molecule has 0 spiro atoms. The van der Waals surface area contributed by atoms with Crippen molar-refractivity contribution in [1.29, 1.82) is 0 Å². The standard InChI is InChI=1S/C16H15FN2O2/c1-21-15(20)11-9-13(17)14(18-10-11)19-16(7-8-16)12-5-3-2-4-6-12/h2-6,9-10H,7-8H2,1H3,(H,18,19). The zero-order valence-corrected chi connectivity index (χ0v) is 11.6. The predicted molar refractivity (Wildman–Crippen MR) is 76.5 cm³/mol. The molecule has 21 heavy (non-hydrogen) atoms. The molecule has 1 N–H and O–H groups in total. The van der Waals surface area contributed by atoms with Crippen LogP contribution in [0.1, 0.15) is 28.8 Å². The Bertz CT molecular complexity index is 669. The summed E-state index contributed by atoms with van der Waals surface area (Å²) in [5.74, 6) is -0.999. The monoisotopic (exact) mass is 286 g/mol. The lowest BCUT2D eigenvalue weighted by Gasteiger charge is -2.19. The number of hydrogen-bond donors (Lipinski definition) is 1. The van der Waals surface area contributed by atoms with E-state index in [2.05, 4.69) is 15.0 Å². The number of aromatic nitrogens is 1. The minimum absolute atomic E-state index is 0.102. The van der Waals surface area contributed by atoms with Gasteiger partial charge in [0.25, 0.3) is 0 Å². The number of anilines is 1. The van der Waals surface area contributed by atoms with Gasteiger partial charge in [-0.3, -0.25) is 0 Å². The molecular weight excluding hydrogens is 271 g/mol. The fourth-order valence-electron chi connectivity index (χ4n) is 2.35. The number of halogens is 1. The van der Waals surface area contributed by atoms with Crippen LogP contribution in [-0.4, -0.2) is 18.1 Å². The highest BCUT2D eigenvalue weighted by molar-refractivity contribution is 5.89. The SMILES string of the molecule is COC(=O)c1cnc(NC2(c3ccccc3)CC2)c(F)c1. The molecule has 1 aromatic carbocycles. The number of hydrogen-bond acceptors (Lipinski definition) is 4. The van der Waals surface area contributed by atoms with Crippen LogP contribution >= 0.6 is 0 Å². The van der Waals surface area contributed by atoms with Crippen LogP contribution in [0, 0.1) is 5.82 Å². The normalized spacial score (nSPS) is 15.3. The van der Waals surface area contributed by atoms with E-state index in [9.17, 15) is 9.18 Å². The Morgan fingerprint density at radius 2 is 2.05 bits per heavy atom. The summed E-state index contributed by atoms with van der Waals surface area (Å²) in [7, 11) is 1.25. The Morgan fingerprint density at radius 3 is 2.62 bits per heavy atom. The smallest absolute Gasteiger partial charge is 0.339 e. The topological polar surface area (TPSA) is 51.2 Å². The summed E-state index contributed by atoms with van der Waals surface area (Å²) in [6.45, 7) is 0. The van der Waals surface area contributed by atoms with Gasteiger partial charge in [0.15, 0.2) is 11.6 Å². The highest BCUT2D eigenvalue weighted by atomic mass is 19.1. The van der Waals surface area contributed by atoms with Crippen molar-refractivity contribution in [2.75, 3.05) is 12.4 Å². The molecule has 1 aliphatic rings. The van der Waals surface area contributed by atoms with Crippen LogP contribution < -0.4 is 5.32 Å². The van der Waals surface area contributed by atoms with E-state index in [1.165, 1.54) is 13.3 Å². The van der Waals surface area contributed by atoms with Crippen molar-refractivity contribution in [3.8, 4) is 0 Å². The second-order valence-corrected chi connectivity index (χ2v) is 5.12. The Kier molecular flexibility index (Phi) is 3.33. The molecular formula is C16H15FN2O2. The molecule has 1 saturated carbocycles. The Balaban J connectivity index is 1.84. The lowest BCUT2D eigenvalue weighted by atomic mass is 10.1. The van der Waals surface area contributed by atoms with Crippen LogP contribution in [0.25, 0.3) is 0 Å². The largest absolute Gasteiger partial charge is 0.465 e. The van der Waals surface area contributed by atoms with Gasteiger partial charge in [0.1, 0.15) is 0 Å². The molecule has 5 heteroatoms. The molecule has 0 atom stereocenters. The molecule has 108 valence electrons.